The van der Waals surface area contributed by atoms with E-state index < -0.39 is 97.5 Å². The molecule has 78 heavy (non-hydrogen) atoms. The smallest absolute Gasteiger partial charge is 0.462 e. The van der Waals surface area contributed by atoms with Crippen molar-refractivity contribution in [3.8, 4) is 0 Å². The lowest BCUT2D eigenvalue weighted by molar-refractivity contribution is -0.161. The fourth-order valence-corrected chi connectivity index (χ4v) is 10.2. The Bertz CT molecular complexity index is 1560. The molecule has 5 atom stereocenters. The molecule has 0 saturated heterocycles. The molecule has 0 aliphatic carbocycles. The summed E-state index contributed by atoms with van der Waals surface area (Å²) < 4.78 is 67.6. The molecular formula is C59H114O17P2. The Morgan fingerprint density at radius 3 is 0.872 bits per heavy atom. The molecule has 2 unspecified atom stereocenters. The van der Waals surface area contributed by atoms with E-state index >= 15 is 0 Å². The van der Waals surface area contributed by atoms with Crippen molar-refractivity contribution in [3.63, 3.8) is 0 Å². The number of rotatable bonds is 57. The Labute approximate surface area is 473 Å². The van der Waals surface area contributed by atoms with E-state index in [9.17, 15) is 43.2 Å². The maximum Gasteiger partial charge on any atom is 0.472 e. The van der Waals surface area contributed by atoms with Crippen molar-refractivity contribution in [2.24, 2.45) is 17.8 Å². The summed E-state index contributed by atoms with van der Waals surface area (Å²) in [6.45, 7) is 11.5. The van der Waals surface area contributed by atoms with Gasteiger partial charge in [-0.25, -0.2) is 9.13 Å². The minimum atomic E-state index is -4.94. The van der Waals surface area contributed by atoms with Crippen LogP contribution in [-0.2, 0) is 65.4 Å². The van der Waals surface area contributed by atoms with E-state index in [0.717, 1.165) is 115 Å². The van der Waals surface area contributed by atoms with Crippen LogP contribution in [0.3, 0.4) is 0 Å². The number of aliphatic hydroxyl groups excluding tert-OH is 1. The molecule has 0 amide bonds. The Morgan fingerprint density at radius 1 is 0.346 bits per heavy atom. The van der Waals surface area contributed by atoms with Gasteiger partial charge in [-0.3, -0.25) is 37.3 Å². The Kier molecular flexibility index (Phi) is 49.5. The van der Waals surface area contributed by atoms with Crippen molar-refractivity contribution in [1.82, 2.24) is 0 Å². The molecule has 0 radical (unpaired) electrons. The molecule has 0 aliphatic rings. The molecule has 0 aromatic carbocycles. The van der Waals surface area contributed by atoms with Gasteiger partial charge in [0.25, 0.3) is 0 Å². The standard InChI is InChI=1S/C59H114O17P2/c1-8-9-10-11-16-26-33-40-56(61)69-46-55(76-59(64)43-36-29-22-21-25-32-39-52(6)7)49-74-78(67,68)72-45-53(60)44-71-77(65,66)73-48-54(75-58(63)42-35-28-20-15-13-18-24-31-38-51(4)5)47-70-57(62)41-34-27-19-14-12-17-23-30-37-50(2)3/h50-55,60H,8-49H2,1-7H3,(H,65,66)(H,67,68)/t53-,54-,55-/m1/s1. The number of carbonyl (C=O) groups is 4. The third-order valence-electron chi connectivity index (χ3n) is 13.4. The zero-order chi connectivity index (χ0) is 58.1. The molecule has 0 heterocycles. The number of aliphatic hydroxyl groups is 1. The average Bonchev–Trinajstić information content (AvgIpc) is 3.38. The molecular weight excluding hydrogens is 1040 g/mol. The van der Waals surface area contributed by atoms with Gasteiger partial charge in [0.2, 0.25) is 0 Å². The molecule has 0 aromatic rings. The summed E-state index contributed by atoms with van der Waals surface area (Å²) in [7, 11) is -9.87. The molecule has 0 fully saturated rings. The van der Waals surface area contributed by atoms with E-state index in [0.29, 0.717) is 31.6 Å². The Hall–Kier alpha value is -1.94. The third kappa shape index (κ3) is 53.4. The SMILES string of the molecule is CCCCCCCCCC(=O)OC[C@H](COP(=O)(O)OC[C@H](O)COP(=O)(O)OC[C@@H](COC(=O)CCCCCCCCCCC(C)C)OC(=O)CCCCCCCCCCC(C)C)OC(=O)CCCCCCCCC(C)C. The molecule has 0 bridgehead atoms. The second-order valence-electron chi connectivity index (χ2n) is 22.8. The number of ether oxygens (including phenoxy) is 4. The zero-order valence-corrected chi connectivity index (χ0v) is 51.9. The summed E-state index contributed by atoms with van der Waals surface area (Å²) in [5, 5.41) is 10.5. The number of phosphoric acid groups is 2. The summed E-state index contributed by atoms with van der Waals surface area (Å²) in [6.07, 6.45) is 29.7. The van der Waals surface area contributed by atoms with Crippen LogP contribution in [0.15, 0.2) is 0 Å². The van der Waals surface area contributed by atoms with Crippen LogP contribution >= 0.6 is 15.6 Å². The van der Waals surface area contributed by atoms with Gasteiger partial charge in [0.1, 0.15) is 19.3 Å². The highest BCUT2D eigenvalue weighted by atomic mass is 31.2. The van der Waals surface area contributed by atoms with Gasteiger partial charge in [0.15, 0.2) is 12.2 Å². The van der Waals surface area contributed by atoms with Gasteiger partial charge < -0.3 is 33.8 Å². The summed E-state index contributed by atoms with van der Waals surface area (Å²) in [4.78, 5) is 71.8. The van der Waals surface area contributed by atoms with Crippen molar-refractivity contribution in [3.05, 3.63) is 0 Å². The summed E-state index contributed by atoms with van der Waals surface area (Å²) in [5.41, 5.74) is 0. The molecule has 0 rings (SSSR count). The van der Waals surface area contributed by atoms with Crippen LogP contribution in [0.1, 0.15) is 280 Å². The van der Waals surface area contributed by atoms with Crippen LogP contribution in [0, 0.1) is 17.8 Å². The zero-order valence-electron chi connectivity index (χ0n) is 50.1. The minimum Gasteiger partial charge on any atom is -0.462 e. The van der Waals surface area contributed by atoms with Crippen LogP contribution in [0.2, 0.25) is 0 Å². The Morgan fingerprint density at radius 2 is 0.590 bits per heavy atom. The molecule has 0 aliphatic heterocycles. The van der Waals surface area contributed by atoms with Gasteiger partial charge in [-0.1, -0.05) is 228 Å². The van der Waals surface area contributed by atoms with Crippen LogP contribution < -0.4 is 0 Å². The van der Waals surface area contributed by atoms with E-state index in [1.807, 2.05) is 0 Å². The highest BCUT2D eigenvalue weighted by molar-refractivity contribution is 7.47. The normalized spacial score (nSPS) is 14.5. The highest BCUT2D eigenvalue weighted by Gasteiger charge is 2.30. The van der Waals surface area contributed by atoms with Crippen LogP contribution in [0.25, 0.3) is 0 Å². The summed E-state index contributed by atoms with van der Waals surface area (Å²) in [6, 6.07) is 0. The predicted molar refractivity (Wildman–Crippen MR) is 308 cm³/mol. The second kappa shape index (κ2) is 50.8. The lowest BCUT2D eigenvalue weighted by Gasteiger charge is -2.21. The van der Waals surface area contributed by atoms with E-state index in [1.54, 1.807) is 0 Å². The Balaban J connectivity index is 5.22. The number of hydrogen-bond donors (Lipinski definition) is 3. The molecule has 3 N–H and O–H groups in total. The van der Waals surface area contributed by atoms with Gasteiger partial charge in [0, 0.05) is 25.7 Å². The highest BCUT2D eigenvalue weighted by Crippen LogP contribution is 2.45. The fourth-order valence-electron chi connectivity index (χ4n) is 8.60. The maximum absolute atomic E-state index is 12.9. The van der Waals surface area contributed by atoms with Crippen molar-refractivity contribution < 1.29 is 80.2 Å². The molecule has 0 spiro atoms. The van der Waals surface area contributed by atoms with Crippen molar-refractivity contribution in [1.29, 1.82) is 0 Å². The van der Waals surface area contributed by atoms with Gasteiger partial charge in [-0.2, -0.15) is 0 Å². The fraction of sp³-hybridized carbons (Fsp3) is 0.932. The minimum absolute atomic E-state index is 0.101. The van der Waals surface area contributed by atoms with Crippen molar-refractivity contribution in [2.45, 2.75) is 298 Å². The van der Waals surface area contributed by atoms with E-state index in [2.05, 4.69) is 48.5 Å². The monoisotopic (exact) mass is 1160 g/mol. The first kappa shape index (κ1) is 76.1. The van der Waals surface area contributed by atoms with E-state index in [4.69, 9.17) is 37.0 Å². The van der Waals surface area contributed by atoms with Gasteiger partial charge >= 0.3 is 39.5 Å². The average molecular weight is 1160 g/mol. The largest absolute Gasteiger partial charge is 0.472 e. The quantitative estimate of drug-likeness (QED) is 0.0222. The maximum atomic E-state index is 12.9. The summed E-state index contributed by atoms with van der Waals surface area (Å²) in [5.74, 6) is -0.0386. The van der Waals surface area contributed by atoms with Crippen molar-refractivity contribution >= 4 is 39.5 Å². The van der Waals surface area contributed by atoms with Crippen LogP contribution in [-0.4, -0.2) is 96.7 Å². The predicted octanol–water partition coefficient (Wildman–Crippen LogP) is 15.6. The first-order chi connectivity index (χ1) is 37.2. The van der Waals surface area contributed by atoms with Crippen LogP contribution in [0.4, 0.5) is 0 Å². The first-order valence-electron chi connectivity index (χ1n) is 30.8. The third-order valence-corrected chi connectivity index (χ3v) is 15.3. The number of carbonyl (C=O) groups excluding carboxylic acids is 4. The van der Waals surface area contributed by atoms with Crippen molar-refractivity contribution in [2.75, 3.05) is 39.6 Å². The van der Waals surface area contributed by atoms with Crippen LogP contribution in [0.5, 0.6) is 0 Å². The molecule has 462 valence electrons. The topological polar surface area (TPSA) is 237 Å². The number of phosphoric ester groups is 2. The lowest BCUT2D eigenvalue weighted by Crippen LogP contribution is -2.30. The molecule has 0 aromatic heterocycles. The summed E-state index contributed by atoms with van der Waals surface area (Å²) >= 11 is 0. The van der Waals surface area contributed by atoms with Gasteiger partial charge in [-0.05, 0) is 43.4 Å². The molecule has 17 nitrogen and oxygen atoms in total. The first-order valence-corrected chi connectivity index (χ1v) is 33.8. The number of esters is 4. The number of unbranched alkanes of at least 4 members (excludes halogenated alkanes) is 25. The molecule has 19 heteroatoms. The second-order valence-corrected chi connectivity index (χ2v) is 25.7. The van der Waals surface area contributed by atoms with E-state index in [-0.39, 0.29) is 25.7 Å². The number of hydrogen-bond acceptors (Lipinski definition) is 15. The van der Waals surface area contributed by atoms with Gasteiger partial charge in [0.05, 0.1) is 26.4 Å². The molecule has 0 saturated carbocycles. The lowest BCUT2D eigenvalue weighted by atomic mass is 10.0. The van der Waals surface area contributed by atoms with Gasteiger partial charge in [-0.15, -0.1) is 0 Å². The van der Waals surface area contributed by atoms with E-state index in [1.165, 1.54) is 77.0 Å².